The molecule has 10 heteroatoms. The van der Waals surface area contributed by atoms with Crippen molar-refractivity contribution in [1.29, 1.82) is 5.26 Å². The van der Waals surface area contributed by atoms with Crippen LogP contribution in [-0.2, 0) is 16.1 Å². The smallest absolute Gasteiger partial charge is 0.408 e. The highest BCUT2D eigenvalue weighted by molar-refractivity contribution is 9.10. The number of benzene rings is 3. The van der Waals surface area contributed by atoms with E-state index in [9.17, 15) is 14.9 Å². The fourth-order valence-electron chi connectivity index (χ4n) is 4.40. The molecule has 0 saturated heterocycles. The molecule has 0 aliphatic carbocycles. The van der Waals surface area contributed by atoms with Crippen molar-refractivity contribution in [2.75, 3.05) is 11.5 Å². The molecule has 1 aliphatic heterocycles. The monoisotopic (exact) mass is 587 g/mol. The van der Waals surface area contributed by atoms with Crippen LogP contribution >= 0.6 is 15.9 Å². The molecule has 5 rings (SSSR count). The first-order valence-electron chi connectivity index (χ1n) is 12.3. The molecule has 2 heterocycles. The normalized spacial score (nSPS) is 15.2. The van der Waals surface area contributed by atoms with E-state index >= 15 is 0 Å². The topological polar surface area (TPSA) is 109 Å². The number of rotatable bonds is 4. The third-order valence-corrected chi connectivity index (χ3v) is 6.59. The summed E-state index contributed by atoms with van der Waals surface area (Å²) in [4.78, 5) is 27.9. The summed E-state index contributed by atoms with van der Waals surface area (Å²) < 4.78 is 14.0. The minimum atomic E-state index is -1.17. The van der Waals surface area contributed by atoms with E-state index in [-0.39, 0.29) is 13.2 Å². The van der Waals surface area contributed by atoms with Gasteiger partial charge in [-0.15, -0.1) is 0 Å². The second-order valence-electron chi connectivity index (χ2n) is 10.1. The average molecular weight is 588 g/mol. The molecule has 2 amide bonds. The first-order chi connectivity index (χ1) is 18.6. The van der Waals surface area contributed by atoms with Gasteiger partial charge in [-0.2, -0.15) is 10.4 Å². The van der Waals surface area contributed by atoms with Crippen LogP contribution in [0, 0.1) is 11.3 Å². The van der Waals surface area contributed by atoms with Gasteiger partial charge in [-0.3, -0.25) is 9.69 Å². The Hall–Kier alpha value is -4.36. The Labute approximate surface area is 234 Å². The van der Waals surface area contributed by atoms with Crippen molar-refractivity contribution in [3.8, 4) is 17.5 Å². The van der Waals surface area contributed by atoms with Gasteiger partial charge in [-0.1, -0.05) is 40.2 Å². The van der Waals surface area contributed by atoms with E-state index in [0.29, 0.717) is 28.4 Å². The maximum atomic E-state index is 13.8. The number of carbonyl (C=O) groups excluding carboxylic acids is 2. The van der Waals surface area contributed by atoms with Crippen molar-refractivity contribution in [2.24, 2.45) is 0 Å². The van der Waals surface area contributed by atoms with Crippen molar-refractivity contribution in [2.45, 2.75) is 39.0 Å². The zero-order chi connectivity index (χ0) is 27.7. The van der Waals surface area contributed by atoms with E-state index in [1.54, 1.807) is 28.9 Å². The largest absolute Gasteiger partial charge is 0.487 e. The quantitative estimate of drug-likeness (QED) is 0.338. The van der Waals surface area contributed by atoms with E-state index in [2.05, 4.69) is 27.3 Å². The molecule has 0 radical (unpaired) electrons. The number of fused-ring (bicyclic) bond motifs is 2. The van der Waals surface area contributed by atoms with Gasteiger partial charge in [0.2, 0.25) is 6.10 Å². The predicted octanol–water partition coefficient (Wildman–Crippen LogP) is 5.48. The Kier molecular flexibility index (Phi) is 7.02. The molecule has 0 unspecified atom stereocenters. The van der Waals surface area contributed by atoms with E-state index in [0.717, 1.165) is 15.4 Å². The summed E-state index contributed by atoms with van der Waals surface area (Å²) in [6.07, 6.45) is -1.87. The third kappa shape index (κ3) is 5.45. The van der Waals surface area contributed by atoms with Crippen molar-refractivity contribution >= 4 is 44.5 Å². The summed E-state index contributed by atoms with van der Waals surface area (Å²) >= 11 is 3.53. The molecular weight excluding hydrogens is 562 g/mol. The first-order valence-corrected chi connectivity index (χ1v) is 13.1. The highest BCUT2D eigenvalue weighted by Crippen LogP contribution is 2.35. The number of nitriles is 1. The number of aromatic nitrogens is 2. The van der Waals surface area contributed by atoms with Crippen LogP contribution in [0.15, 0.2) is 71.2 Å². The van der Waals surface area contributed by atoms with Crippen molar-refractivity contribution in [3.05, 3.63) is 82.5 Å². The number of amides is 2. The molecule has 4 aromatic rings. The number of para-hydroxylation sites is 3. The molecule has 0 bridgehead atoms. The van der Waals surface area contributed by atoms with Crippen LogP contribution in [0.1, 0.15) is 32.0 Å². The van der Waals surface area contributed by atoms with E-state index in [1.165, 1.54) is 4.90 Å². The van der Waals surface area contributed by atoms with Crippen LogP contribution < -0.4 is 15.0 Å². The average Bonchev–Trinajstić information content (AvgIpc) is 3.19. The SMILES string of the molecule is CC(C)(C)NC(=O)O[C@H]1COc2ccccc2N(Cc2nn(-c3ccccc3C#N)c3cc(Br)ccc23)C1=O. The molecule has 0 saturated carbocycles. The zero-order valence-corrected chi connectivity index (χ0v) is 23.2. The Bertz CT molecular complexity index is 1620. The second-order valence-corrected chi connectivity index (χ2v) is 11.0. The fraction of sp³-hybridized carbons (Fsp3) is 0.241. The van der Waals surface area contributed by atoms with Crippen LogP contribution in [0.4, 0.5) is 10.5 Å². The lowest BCUT2D eigenvalue weighted by molar-refractivity contribution is -0.128. The van der Waals surface area contributed by atoms with Crippen LogP contribution in [-0.4, -0.2) is 40.0 Å². The second kappa shape index (κ2) is 10.4. The van der Waals surface area contributed by atoms with Crippen LogP contribution in [0.5, 0.6) is 5.75 Å². The Morgan fingerprint density at radius 2 is 1.87 bits per heavy atom. The summed E-state index contributed by atoms with van der Waals surface area (Å²) in [5.41, 5.74) is 2.48. The predicted molar refractivity (Wildman–Crippen MR) is 150 cm³/mol. The van der Waals surface area contributed by atoms with Crippen LogP contribution in [0.25, 0.3) is 16.6 Å². The molecule has 0 spiro atoms. The van der Waals surface area contributed by atoms with Crippen molar-refractivity contribution < 1.29 is 19.1 Å². The van der Waals surface area contributed by atoms with Gasteiger partial charge < -0.3 is 14.8 Å². The van der Waals surface area contributed by atoms with E-state index in [1.807, 2.05) is 63.2 Å². The number of ether oxygens (including phenoxy) is 2. The van der Waals surface area contributed by atoms with Gasteiger partial charge in [-0.25, -0.2) is 9.48 Å². The summed E-state index contributed by atoms with van der Waals surface area (Å²) in [6, 6.07) is 22.3. The van der Waals surface area contributed by atoms with Gasteiger partial charge in [0.15, 0.2) is 0 Å². The lowest BCUT2D eigenvalue weighted by atomic mass is 10.1. The summed E-state index contributed by atoms with van der Waals surface area (Å²) in [5.74, 6) is 0.0655. The number of nitrogens with zero attached hydrogens (tertiary/aromatic N) is 4. The first kappa shape index (κ1) is 26.3. The lowest BCUT2D eigenvalue weighted by Crippen LogP contribution is -2.47. The highest BCUT2D eigenvalue weighted by atomic mass is 79.9. The molecule has 1 atom stereocenters. The van der Waals surface area contributed by atoms with Gasteiger partial charge in [0.25, 0.3) is 5.91 Å². The molecule has 1 aliphatic rings. The van der Waals surface area contributed by atoms with Crippen LogP contribution in [0.3, 0.4) is 0 Å². The molecule has 0 fully saturated rings. The molecular formula is C29H26BrN5O4. The zero-order valence-electron chi connectivity index (χ0n) is 21.6. The number of hydrogen-bond acceptors (Lipinski definition) is 6. The molecule has 1 N–H and O–H groups in total. The highest BCUT2D eigenvalue weighted by Gasteiger charge is 2.35. The van der Waals surface area contributed by atoms with Crippen molar-refractivity contribution in [1.82, 2.24) is 15.1 Å². The maximum Gasteiger partial charge on any atom is 0.408 e. The number of carbonyl (C=O) groups is 2. The fourth-order valence-corrected chi connectivity index (χ4v) is 4.75. The van der Waals surface area contributed by atoms with Gasteiger partial charge in [-0.05, 0) is 63.2 Å². The summed E-state index contributed by atoms with van der Waals surface area (Å²) in [5, 5.41) is 18.1. The molecule has 3 aromatic carbocycles. The van der Waals surface area contributed by atoms with Crippen LogP contribution in [0.2, 0.25) is 0 Å². The number of halogens is 1. The molecule has 39 heavy (non-hydrogen) atoms. The Balaban J connectivity index is 1.57. The van der Waals surface area contributed by atoms with Gasteiger partial charge in [0.1, 0.15) is 18.4 Å². The lowest BCUT2D eigenvalue weighted by Gasteiger charge is -2.25. The third-order valence-electron chi connectivity index (χ3n) is 6.09. The maximum absolute atomic E-state index is 13.8. The Morgan fingerprint density at radius 3 is 2.62 bits per heavy atom. The molecule has 1 aromatic heterocycles. The van der Waals surface area contributed by atoms with E-state index < -0.39 is 23.6 Å². The number of hydrogen-bond donors (Lipinski definition) is 1. The summed E-state index contributed by atoms with van der Waals surface area (Å²) in [7, 11) is 0. The minimum Gasteiger partial charge on any atom is -0.487 e. The minimum absolute atomic E-state index is 0.0831. The standard InChI is InChI=1S/C29H26BrN5O4/c1-29(2,3)32-28(37)39-26-17-38-25-11-7-6-10-23(25)34(27(26)36)16-21-20-13-12-19(30)14-24(20)35(33-21)22-9-5-4-8-18(22)15-31/h4-14,26H,16-17H2,1-3H3,(H,32,37)/t26-/m0/s1. The molecule has 9 nitrogen and oxygen atoms in total. The van der Waals surface area contributed by atoms with Gasteiger partial charge in [0.05, 0.1) is 34.7 Å². The summed E-state index contributed by atoms with van der Waals surface area (Å²) in [6.45, 7) is 5.44. The van der Waals surface area contributed by atoms with Gasteiger partial charge >= 0.3 is 6.09 Å². The van der Waals surface area contributed by atoms with Crippen molar-refractivity contribution in [3.63, 3.8) is 0 Å². The Morgan fingerprint density at radius 1 is 1.15 bits per heavy atom. The molecule has 198 valence electrons. The number of alkyl carbamates (subject to hydrolysis) is 1. The van der Waals surface area contributed by atoms with E-state index in [4.69, 9.17) is 14.6 Å². The number of nitrogens with one attached hydrogen (secondary N) is 1. The number of anilines is 1. The van der Waals surface area contributed by atoms with Gasteiger partial charge in [0, 0.05) is 15.4 Å².